The molecule has 0 radical (unpaired) electrons. The van der Waals surface area contributed by atoms with Gasteiger partial charge in [0.25, 0.3) is 5.91 Å². The quantitative estimate of drug-likeness (QED) is 0.509. The highest BCUT2D eigenvalue weighted by atomic mass is 16.5. The van der Waals surface area contributed by atoms with Gasteiger partial charge in [0.1, 0.15) is 5.82 Å². The van der Waals surface area contributed by atoms with E-state index in [2.05, 4.69) is 33.2 Å². The molecular weight excluding hydrogens is 414 g/mol. The Morgan fingerprint density at radius 2 is 1.85 bits per heavy atom. The van der Waals surface area contributed by atoms with Gasteiger partial charge in [0.2, 0.25) is 5.88 Å². The van der Waals surface area contributed by atoms with E-state index in [-0.39, 0.29) is 5.91 Å². The molecule has 0 bridgehead atoms. The van der Waals surface area contributed by atoms with Gasteiger partial charge in [0.05, 0.1) is 18.4 Å². The first-order valence-corrected chi connectivity index (χ1v) is 11.0. The van der Waals surface area contributed by atoms with E-state index in [9.17, 15) is 4.79 Å². The molecule has 33 heavy (non-hydrogen) atoms. The SMILES string of the molecule is COc1ccc(-c2ccc(C(=O)N3CCC(c4ccc5ccnc(N)c5c4)CC3)cn2)cn1. The third-order valence-electron chi connectivity index (χ3n) is 6.33. The summed E-state index contributed by atoms with van der Waals surface area (Å²) in [6.45, 7) is 1.43. The van der Waals surface area contributed by atoms with Crippen LogP contribution in [0.2, 0.25) is 0 Å². The summed E-state index contributed by atoms with van der Waals surface area (Å²) in [4.78, 5) is 27.8. The average molecular weight is 440 g/mol. The number of piperidine rings is 1. The Morgan fingerprint density at radius 1 is 1.00 bits per heavy atom. The van der Waals surface area contributed by atoms with Crippen molar-refractivity contribution in [2.24, 2.45) is 0 Å². The minimum absolute atomic E-state index is 0.0207. The lowest BCUT2D eigenvalue weighted by molar-refractivity contribution is 0.0712. The Labute approximate surface area is 192 Å². The average Bonchev–Trinajstić information content (AvgIpc) is 2.89. The number of likely N-dealkylation sites (tertiary alicyclic amines) is 1. The predicted molar refractivity (Wildman–Crippen MR) is 128 cm³/mol. The number of methoxy groups -OCH3 is 1. The zero-order valence-electron chi connectivity index (χ0n) is 18.4. The van der Waals surface area contributed by atoms with E-state index in [1.54, 1.807) is 31.8 Å². The van der Waals surface area contributed by atoms with E-state index >= 15 is 0 Å². The molecule has 7 nitrogen and oxygen atoms in total. The van der Waals surface area contributed by atoms with Crippen LogP contribution in [-0.2, 0) is 0 Å². The monoisotopic (exact) mass is 439 g/mol. The van der Waals surface area contributed by atoms with Gasteiger partial charge in [0.15, 0.2) is 0 Å². The Bertz CT molecular complexity index is 1280. The van der Waals surface area contributed by atoms with Gasteiger partial charge >= 0.3 is 0 Å². The van der Waals surface area contributed by atoms with Crippen LogP contribution in [0.25, 0.3) is 22.0 Å². The number of nitrogens with two attached hydrogens (primary N) is 1. The van der Waals surface area contributed by atoms with Crippen LogP contribution in [0.15, 0.2) is 67.1 Å². The van der Waals surface area contributed by atoms with Gasteiger partial charge in [-0.2, -0.15) is 0 Å². The van der Waals surface area contributed by atoms with Crippen molar-refractivity contribution in [1.29, 1.82) is 0 Å². The molecule has 1 aliphatic heterocycles. The van der Waals surface area contributed by atoms with Crippen molar-refractivity contribution in [3.05, 3.63) is 78.2 Å². The van der Waals surface area contributed by atoms with Crippen molar-refractivity contribution < 1.29 is 9.53 Å². The van der Waals surface area contributed by atoms with Crippen LogP contribution in [0.3, 0.4) is 0 Å². The van der Waals surface area contributed by atoms with Gasteiger partial charge < -0.3 is 15.4 Å². The summed E-state index contributed by atoms with van der Waals surface area (Å²) in [6, 6.07) is 15.8. The number of carbonyl (C=O) groups excluding carboxylic acids is 1. The smallest absolute Gasteiger partial charge is 0.255 e. The Balaban J connectivity index is 1.24. The van der Waals surface area contributed by atoms with Gasteiger partial charge in [-0.25, -0.2) is 9.97 Å². The number of pyridine rings is 3. The number of carbonyl (C=O) groups is 1. The second kappa shape index (κ2) is 8.86. The standard InChI is InChI=1S/C26H25N5O2/c1-33-24-7-5-20(15-30-24)23-6-4-21(16-29-23)26(32)31-12-9-17(10-13-31)19-3-2-18-8-11-28-25(27)22(18)14-19/h2-8,11,14-17H,9-10,12-13H2,1H3,(H2,27,28). The first kappa shape index (κ1) is 20.9. The third kappa shape index (κ3) is 4.22. The van der Waals surface area contributed by atoms with E-state index in [4.69, 9.17) is 10.5 Å². The number of hydrogen-bond donors (Lipinski definition) is 1. The molecular formula is C26H25N5O2. The zero-order valence-corrected chi connectivity index (χ0v) is 18.4. The maximum Gasteiger partial charge on any atom is 0.255 e. The van der Waals surface area contributed by atoms with Crippen molar-refractivity contribution in [2.75, 3.05) is 25.9 Å². The van der Waals surface area contributed by atoms with Crippen molar-refractivity contribution in [3.8, 4) is 17.1 Å². The second-order valence-electron chi connectivity index (χ2n) is 8.26. The van der Waals surface area contributed by atoms with Crippen LogP contribution < -0.4 is 10.5 Å². The molecule has 5 rings (SSSR count). The molecule has 1 amide bonds. The van der Waals surface area contributed by atoms with Crippen LogP contribution in [0, 0.1) is 0 Å². The molecule has 4 heterocycles. The fraction of sp³-hybridized carbons (Fsp3) is 0.231. The van der Waals surface area contributed by atoms with Crippen LogP contribution in [-0.4, -0.2) is 46.0 Å². The number of aromatic nitrogens is 3. The van der Waals surface area contributed by atoms with Crippen molar-refractivity contribution in [2.45, 2.75) is 18.8 Å². The summed E-state index contributed by atoms with van der Waals surface area (Å²) >= 11 is 0. The number of rotatable bonds is 4. The van der Waals surface area contributed by atoms with E-state index in [1.807, 2.05) is 29.2 Å². The number of amides is 1. The largest absolute Gasteiger partial charge is 0.481 e. The number of anilines is 1. The zero-order chi connectivity index (χ0) is 22.8. The predicted octanol–water partition coefficient (Wildman–Crippen LogP) is 4.30. The Kier molecular flexibility index (Phi) is 5.60. The number of nitrogens with zero attached hydrogens (tertiary/aromatic N) is 4. The van der Waals surface area contributed by atoms with Crippen LogP contribution in [0.4, 0.5) is 5.82 Å². The molecule has 7 heteroatoms. The molecule has 1 saturated heterocycles. The summed E-state index contributed by atoms with van der Waals surface area (Å²) in [5.41, 5.74) is 9.57. The highest BCUT2D eigenvalue weighted by Gasteiger charge is 2.25. The van der Waals surface area contributed by atoms with E-state index in [0.29, 0.717) is 36.3 Å². The minimum Gasteiger partial charge on any atom is -0.481 e. The lowest BCUT2D eigenvalue weighted by Gasteiger charge is -2.32. The maximum absolute atomic E-state index is 13.0. The molecule has 0 saturated carbocycles. The van der Waals surface area contributed by atoms with Gasteiger partial charge in [-0.05, 0) is 60.0 Å². The van der Waals surface area contributed by atoms with Crippen LogP contribution in [0.5, 0.6) is 5.88 Å². The molecule has 1 fully saturated rings. The summed E-state index contributed by atoms with van der Waals surface area (Å²) in [7, 11) is 1.58. The first-order chi connectivity index (χ1) is 16.1. The fourth-order valence-corrected chi connectivity index (χ4v) is 4.40. The number of nitrogen functional groups attached to an aromatic ring is 1. The number of ether oxygens (including phenoxy) is 1. The molecule has 4 aromatic rings. The molecule has 166 valence electrons. The maximum atomic E-state index is 13.0. The highest BCUT2D eigenvalue weighted by molar-refractivity contribution is 5.94. The van der Waals surface area contributed by atoms with Crippen molar-refractivity contribution in [3.63, 3.8) is 0 Å². The Morgan fingerprint density at radius 3 is 2.55 bits per heavy atom. The minimum atomic E-state index is 0.0207. The van der Waals surface area contributed by atoms with Gasteiger partial charge in [-0.3, -0.25) is 9.78 Å². The normalized spacial score (nSPS) is 14.4. The van der Waals surface area contributed by atoms with Gasteiger partial charge in [-0.1, -0.05) is 12.1 Å². The first-order valence-electron chi connectivity index (χ1n) is 11.0. The summed E-state index contributed by atoms with van der Waals surface area (Å²) in [5.74, 6) is 1.54. The van der Waals surface area contributed by atoms with E-state index < -0.39 is 0 Å². The molecule has 3 aromatic heterocycles. The van der Waals surface area contributed by atoms with Crippen molar-refractivity contribution in [1.82, 2.24) is 19.9 Å². The van der Waals surface area contributed by atoms with Crippen LogP contribution >= 0.6 is 0 Å². The summed E-state index contributed by atoms with van der Waals surface area (Å²) in [6.07, 6.45) is 6.93. The molecule has 0 atom stereocenters. The highest BCUT2D eigenvalue weighted by Crippen LogP contribution is 2.32. The van der Waals surface area contributed by atoms with Gasteiger partial charge in [-0.15, -0.1) is 0 Å². The topological polar surface area (TPSA) is 94.2 Å². The Hall–Kier alpha value is -4.00. The molecule has 1 aromatic carbocycles. The fourth-order valence-electron chi connectivity index (χ4n) is 4.40. The number of fused-ring (bicyclic) bond motifs is 1. The number of benzene rings is 1. The van der Waals surface area contributed by atoms with Gasteiger partial charge in [0, 0.05) is 48.7 Å². The van der Waals surface area contributed by atoms with E-state index in [0.717, 1.165) is 34.9 Å². The lowest BCUT2D eigenvalue weighted by Crippen LogP contribution is -2.38. The van der Waals surface area contributed by atoms with Crippen LogP contribution in [0.1, 0.15) is 34.7 Å². The molecule has 0 unspecified atom stereocenters. The second-order valence-corrected chi connectivity index (χ2v) is 8.26. The number of hydrogen-bond acceptors (Lipinski definition) is 6. The molecule has 0 aliphatic carbocycles. The lowest BCUT2D eigenvalue weighted by atomic mass is 9.88. The molecule has 1 aliphatic rings. The van der Waals surface area contributed by atoms with E-state index in [1.165, 1.54) is 5.56 Å². The molecule has 0 spiro atoms. The summed E-state index contributed by atoms with van der Waals surface area (Å²) < 4.78 is 5.09. The molecule has 2 N–H and O–H groups in total. The summed E-state index contributed by atoms with van der Waals surface area (Å²) in [5, 5.41) is 2.09. The third-order valence-corrected chi connectivity index (χ3v) is 6.33. The van der Waals surface area contributed by atoms with Crippen molar-refractivity contribution >= 4 is 22.5 Å².